The number of hydrogen-bond acceptors (Lipinski definition) is 11. The predicted octanol–water partition coefficient (Wildman–Crippen LogP) is 18.2. The van der Waals surface area contributed by atoms with E-state index >= 15 is 0 Å². The van der Waals surface area contributed by atoms with Gasteiger partial charge in [0.25, 0.3) is 0 Å². The number of aliphatic hydroxyl groups is 2. The molecule has 0 aromatic heterocycles. The zero-order chi connectivity index (χ0) is 60.3. The lowest BCUT2D eigenvalue weighted by atomic mass is 9.98. The quantitative estimate of drug-likeness (QED) is 0.0228. The van der Waals surface area contributed by atoms with Gasteiger partial charge >= 0.3 is 23.9 Å². The third kappa shape index (κ3) is 47.8. The molecule has 0 radical (unpaired) electrons. The first-order valence-corrected chi connectivity index (χ1v) is 33.6. The van der Waals surface area contributed by atoms with E-state index in [9.17, 15) is 34.5 Å². The number of hydrogen-bond donors (Lipinski definition) is 3. The standard InChI is InChI=1S/C71H120O12/c1-4-7-10-13-16-19-22-25-28-30-32-34-37-39-42-45-48-51-54-57-63(72)79-60-62(81-64(73)58-55-52-49-46-43-41-38-35-33-31-29-26-23-20-17-14-11-8-5-2)61-80-71-69(67(76)66(75)68(83-71)70(77)78)82-65(74)59-56-53-50-47-44-40-36-27-24-21-18-15-12-9-6-3/h7,10,16,19,25,27-28,32,34,36,39,42,48,51,62,66-69,71,75-76H,4-6,8-9,11-15,17-18,20-24,26,29-31,33,35,37-38,40-41,43-47,49-50,52-61H2,1-3H3,(H,77,78)/b10-7-,19-16-,28-25-,34-32-,36-27-,42-39-,51-48-. The molecule has 1 fully saturated rings. The van der Waals surface area contributed by atoms with Crippen molar-refractivity contribution in [2.75, 3.05) is 13.2 Å². The highest BCUT2D eigenvalue weighted by Crippen LogP contribution is 2.27. The minimum atomic E-state index is -1.92. The molecule has 0 aromatic rings. The Morgan fingerprint density at radius 1 is 0.410 bits per heavy atom. The molecule has 6 atom stereocenters. The number of ether oxygens (including phenoxy) is 5. The van der Waals surface area contributed by atoms with Gasteiger partial charge in [-0.3, -0.25) is 14.4 Å². The maximum absolute atomic E-state index is 13.2. The molecular weight excluding hydrogens is 1040 g/mol. The van der Waals surface area contributed by atoms with Crippen molar-refractivity contribution in [2.45, 2.75) is 327 Å². The van der Waals surface area contributed by atoms with Crippen LogP contribution in [0, 0.1) is 0 Å². The van der Waals surface area contributed by atoms with Crippen molar-refractivity contribution < 1.29 is 58.2 Å². The number of carboxylic acid groups (broad SMARTS) is 1. The molecule has 83 heavy (non-hydrogen) atoms. The summed E-state index contributed by atoms with van der Waals surface area (Å²) in [4.78, 5) is 51.3. The van der Waals surface area contributed by atoms with Gasteiger partial charge < -0.3 is 39.0 Å². The molecule has 0 aliphatic carbocycles. The molecule has 0 spiro atoms. The summed E-state index contributed by atoms with van der Waals surface area (Å²) in [6.45, 7) is 5.85. The summed E-state index contributed by atoms with van der Waals surface area (Å²) in [6.07, 6.45) is 64.1. The Hall–Kier alpha value is -4.10. The lowest BCUT2D eigenvalue weighted by Gasteiger charge is -2.40. The van der Waals surface area contributed by atoms with Crippen LogP contribution < -0.4 is 0 Å². The van der Waals surface area contributed by atoms with Crippen LogP contribution in [0.3, 0.4) is 0 Å². The fraction of sp³-hybridized carbons (Fsp3) is 0.746. The van der Waals surface area contributed by atoms with E-state index < -0.39 is 67.3 Å². The topological polar surface area (TPSA) is 175 Å². The van der Waals surface area contributed by atoms with Gasteiger partial charge in [0.2, 0.25) is 0 Å². The van der Waals surface area contributed by atoms with E-state index in [1.807, 2.05) is 12.2 Å². The second kappa shape index (κ2) is 58.3. The number of allylic oxidation sites excluding steroid dienone is 14. The second-order valence-corrected chi connectivity index (χ2v) is 22.7. The monoisotopic (exact) mass is 1160 g/mol. The summed E-state index contributed by atoms with van der Waals surface area (Å²) in [5, 5.41) is 31.6. The number of carbonyl (C=O) groups excluding carboxylic acids is 3. The fourth-order valence-corrected chi connectivity index (χ4v) is 9.86. The largest absolute Gasteiger partial charge is 0.479 e. The van der Waals surface area contributed by atoms with Crippen LogP contribution in [0.5, 0.6) is 0 Å². The van der Waals surface area contributed by atoms with Crippen LogP contribution in [0.4, 0.5) is 0 Å². The highest BCUT2D eigenvalue weighted by molar-refractivity contribution is 5.74. The molecule has 1 aliphatic rings. The number of carboxylic acids is 1. The van der Waals surface area contributed by atoms with Gasteiger partial charge in [0.1, 0.15) is 18.8 Å². The lowest BCUT2D eigenvalue weighted by molar-refractivity contribution is -0.301. The third-order valence-electron chi connectivity index (χ3n) is 15.0. The van der Waals surface area contributed by atoms with Crippen molar-refractivity contribution in [3.8, 4) is 0 Å². The van der Waals surface area contributed by atoms with E-state index in [1.54, 1.807) is 0 Å². The first kappa shape index (κ1) is 76.9. The summed E-state index contributed by atoms with van der Waals surface area (Å²) < 4.78 is 28.5. The van der Waals surface area contributed by atoms with Gasteiger partial charge in [-0.2, -0.15) is 0 Å². The van der Waals surface area contributed by atoms with Crippen molar-refractivity contribution >= 4 is 23.9 Å². The Balaban J connectivity index is 2.70. The van der Waals surface area contributed by atoms with Crippen LogP contribution in [0.1, 0.15) is 290 Å². The molecule has 1 heterocycles. The molecule has 0 bridgehead atoms. The predicted molar refractivity (Wildman–Crippen MR) is 340 cm³/mol. The number of aliphatic carboxylic acids is 1. The average Bonchev–Trinajstić information content (AvgIpc) is 3.58. The van der Waals surface area contributed by atoms with E-state index in [0.29, 0.717) is 19.3 Å². The SMILES string of the molecule is CC/C=C\C/C=C\C/C=C\C/C=C\C/C=C\C/C=C\CCC(=O)OCC(COC1OC(C(=O)O)C(O)C(O)C1OC(=O)CCCCCCC/C=C\CCCCCCCC)OC(=O)CCCCCCCCCCCCCCCCCCCCC. The van der Waals surface area contributed by atoms with Gasteiger partial charge in [-0.1, -0.05) is 273 Å². The van der Waals surface area contributed by atoms with Gasteiger partial charge in [-0.15, -0.1) is 0 Å². The van der Waals surface area contributed by atoms with Crippen molar-refractivity contribution in [3.05, 3.63) is 85.1 Å². The Morgan fingerprint density at radius 2 is 0.783 bits per heavy atom. The van der Waals surface area contributed by atoms with Crippen LogP contribution in [0.2, 0.25) is 0 Å². The highest BCUT2D eigenvalue weighted by atomic mass is 16.7. The van der Waals surface area contributed by atoms with Crippen LogP contribution in [0.15, 0.2) is 85.1 Å². The van der Waals surface area contributed by atoms with Crippen LogP contribution in [-0.2, 0) is 42.9 Å². The lowest BCUT2D eigenvalue weighted by Crippen LogP contribution is -2.61. The number of rotatable bonds is 57. The smallest absolute Gasteiger partial charge is 0.335 e. The summed E-state index contributed by atoms with van der Waals surface area (Å²) >= 11 is 0. The Morgan fingerprint density at radius 3 is 1.20 bits per heavy atom. The molecule has 12 heteroatoms. The van der Waals surface area contributed by atoms with Crippen molar-refractivity contribution in [2.24, 2.45) is 0 Å². The first-order valence-electron chi connectivity index (χ1n) is 33.6. The zero-order valence-corrected chi connectivity index (χ0v) is 52.7. The molecule has 1 rings (SSSR count). The molecule has 1 saturated heterocycles. The molecule has 3 N–H and O–H groups in total. The average molecular weight is 1170 g/mol. The summed E-state index contributed by atoms with van der Waals surface area (Å²) in [6, 6.07) is 0. The van der Waals surface area contributed by atoms with E-state index in [2.05, 4.69) is 93.7 Å². The van der Waals surface area contributed by atoms with Gasteiger partial charge in [0.15, 0.2) is 24.6 Å². The van der Waals surface area contributed by atoms with E-state index in [0.717, 1.165) is 96.3 Å². The van der Waals surface area contributed by atoms with Crippen LogP contribution in [0.25, 0.3) is 0 Å². The molecule has 476 valence electrons. The second-order valence-electron chi connectivity index (χ2n) is 22.7. The fourth-order valence-electron chi connectivity index (χ4n) is 9.86. The molecule has 6 unspecified atom stereocenters. The zero-order valence-electron chi connectivity index (χ0n) is 52.7. The van der Waals surface area contributed by atoms with Crippen molar-refractivity contribution in [3.63, 3.8) is 0 Å². The van der Waals surface area contributed by atoms with Gasteiger partial charge in [-0.25, -0.2) is 4.79 Å². The number of unbranched alkanes of at least 4 members (excludes halogenated alkanes) is 29. The maximum atomic E-state index is 13.2. The molecule has 0 aromatic carbocycles. The first-order chi connectivity index (χ1) is 40.6. The van der Waals surface area contributed by atoms with E-state index in [1.165, 1.54) is 135 Å². The van der Waals surface area contributed by atoms with Gasteiger partial charge in [0.05, 0.1) is 6.61 Å². The summed E-state index contributed by atoms with van der Waals surface area (Å²) in [5.74, 6) is -3.23. The van der Waals surface area contributed by atoms with Crippen molar-refractivity contribution in [1.29, 1.82) is 0 Å². The van der Waals surface area contributed by atoms with E-state index in [4.69, 9.17) is 23.7 Å². The summed E-state index contributed by atoms with van der Waals surface area (Å²) in [5.41, 5.74) is 0. The Bertz CT molecular complexity index is 1760. The minimum absolute atomic E-state index is 0.0424. The Kier molecular flexibility index (Phi) is 54.0. The Labute approximate surface area is 505 Å². The van der Waals surface area contributed by atoms with E-state index in [-0.39, 0.29) is 25.9 Å². The molecule has 1 aliphatic heterocycles. The number of carbonyl (C=O) groups is 4. The van der Waals surface area contributed by atoms with Crippen LogP contribution in [-0.4, -0.2) is 89.2 Å². The molecule has 0 saturated carbocycles. The molecule has 12 nitrogen and oxygen atoms in total. The number of aliphatic hydroxyl groups excluding tert-OH is 2. The van der Waals surface area contributed by atoms with Crippen LogP contribution >= 0.6 is 0 Å². The number of esters is 3. The molecular formula is C71H120O12. The van der Waals surface area contributed by atoms with Gasteiger partial charge in [0, 0.05) is 19.3 Å². The third-order valence-corrected chi connectivity index (χ3v) is 15.0. The normalized spacial score (nSPS) is 18.1. The molecule has 0 amide bonds. The van der Waals surface area contributed by atoms with Crippen molar-refractivity contribution in [1.82, 2.24) is 0 Å². The minimum Gasteiger partial charge on any atom is -0.479 e. The maximum Gasteiger partial charge on any atom is 0.335 e. The van der Waals surface area contributed by atoms with Gasteiger partial charge in [-0.05, 0) is 83.5 Å². The highest BCUT2D eigenvalue weighted by Gasteiger charge is 2.50. The summed E-state index contributed by atoms with van der Waals surface area (Å²) in [7, 11) is 0.